The molecular formula is C24H28N3O4+. The highest BCUT2D eigenvalue weighted by Crippen LogP contribution is 2.31. The first-order chi connectivity index (χ1) is 15.2. The number of carbonyl (C=O) groups excluding carboxylic acids is 2. The first-order valence-electron chi connectivity index (χ1n) is 11.1. The number of carbonyl (C=O) groups is 2. The number of quaternary nitrogens is 1. The quantitative estimate of drug-likeness (QED) is 0.760. The van der Waals surface area contributed by atoms with Crippen LogP contribution in [0.15, 0.2) is 42.5 Å². The number of nitrogens with one attached hydrogen (secondary N) is 2. The van der Waals surface area contributed by atoms with Crippen LogP contribution in [-0.2, 0) is 22.4 Å². The van der Waals surface area contributed by atoms with Gasteiger partial charge in [-0.2, -0.15) is 0 Å². The van der Waals surface area contributed by atoms with Crippen LogP contribution in [-0.4, -0.2) is 62.1 Å². The molecule has 1 fully saturated rings. The molecule has 2 N–H and O–H groups in total. The zero-order valence-electron chi connectivity index (χ0n) is 17.6. The summed E-state index contributed by atoms with van der Waals surface area (Å²) in [7, 11) is 0. The number of aryl methyl sites for hydroxylation is 2. The first-order valence-corrected chi connectivity index (χ1v) is 11.1. The number of para-hydroxylation sites is 2. The maximum Gasteiger partial charge on any atom is 0.279 e. The van der Waals surface area contributed by atoms with Crippen molar-refractivity contribution in [2.45, 2.75) is 25.4 Å². The summed E-state index contributed by atoms with van der Waals surface area (Å²) in [6, 6.07) is 13.6. The van der Waals surface area contributed by atoms with Gasteiger partial charge in [-0.15, -0.1) is 0 Å². The molecule has 7 heteroatoms. The summed E-state index contributed by atoms with van der Waals surface area (Å²) < 4.78 is 11.5. The van der Waals surface area contributed by atoms with E-state index in [2.05, 4.69) is 17.4 Å². The fourth-order valence-corrected chi connectivity index (χ4v) is 4.65. The van der Waals surface area contributed by atoms with Gasteiger partial charge in [-0.05, 0) is 54.7 Å². The molecule has 2 aromatic carbocycles. The topological polar surface area (TPSA) is 72.3 Å². The second kappa shape index (κ2) is 8.59. The van der Waals surface area contributed by atoms with E-state index in [0.29, 0.717) is 31.1 Å². The van der Waals surface area contributed by atoms with E-state index in [1.54, 1.807) is 0 Å². The Morgan fingerprint density at radius 1 is 1.03 bits per heavy atom. The maximum atomic E-state index is 12.9. The van der Waals surface area contributed by atoms with Crippen molar-refractivity contribution in [3.63, 3.8) is 0 Å². The molecule has 0 unspecified atom stereocenters. The molecule has 0 aromatic heterocycles. The number of anilines is 1. The molecule has 2 aliphatic heterocycles. The summed E-state index contributed by atoms with van der Waals surface area (Å²) in [5.74, 6) is 1.26. The molecule has 1 saturated heterocycles. The maximum absolute atomic E-state index is 12.9. The highest BCUT2D eigenvalue weighted by molar-refractivity contribution is 5.91. The number of nitrogens with zero attached hydrogens (tertiary/aromatic N) is 1. The predicted molar refractivity (Wildman–Crippen MR) is 116 cm³/mol. The first kappa shape index (κ1) is 19.9. The van der Waals surface area contributed by atoms with Gasteiger partial charge in [0.2, 0.25) is 6.10 Å². The number of hydrogen-bond acceptors (Lipinski definition) is 4. The minimum absolute atomic E-state index is 0.0216. The van der Waals surface area contributed by atoms with Crippen molar-refractivity contribution >= 4 is 17.5 Å². The van der Waals surface area contributed by atoms with E-state index < -0.39 is 6.10 Å². The van der Waals surface area contributed by atoms with Crippen molar-refractivity contribution in [3.8, 4) is 11.5 Å². The highest BCUT2D eigenvalue weighted by Gasteiger charge is 2.34. The van der Waals surface area contributed by atoms with Gasteiger partial charge >= 0.3 is 0 Å². The smallest absolute Gasteiger partial charge is 0.279 e. The third kappa shape index (κ3) is 4.37. The van der Waals surface area contributed by atoms with E-state index in [0.717, 1.165) is 31.6 Å². The van der Waals surface area contributed by atoms with Gasteiger partial charge in [0.25, 0.3) is 11.8 Å². The number of rotatable bonds is 4. The SMILES string of the molecule is O=C(C[NH+]1CCN(C(=O)[C@@H]2COc3ccccc3O2)CC1)Nc1ccc2c(c1)CCC2. The molecule has 2 aromatic rings. The van der Waals surface area contributed by atoms with E-state index in [-0.39, 0.29) is 18.4 Å². The number of piperazine rings is 1. The van der Waals surface area contributed by atoms with Gasteiger partial charge in [0.1, 0.15) is 6.61 Å². The average molecular weight is 423 g/mol. The van der Waals surface area contributed by atoms with Gasteiger partial charge in [-0.1, -0.05) is 18.2 Å². The van der Waals surface area contributed by atoms with Gasteiger partial charge in [-0.25, -0.2) is 0 Å². The lowest BCUT2D eigenvalue weighted by atomic mass is 10.1. The fraction of sp³-hybridized carbons (Fsp3) is 0.417. The summed E-state index contributed by atoms with van der Waals surface area (Å²) >= 11 is 0. The van der Waals surface area contributed by atoms with Crippen LogP contribution >= 0.6 is 0 Å². The van der Waals surface area contributed by atoms with Crippen LogP contribution in [0, 0.1) is 0 Å². The second-order valence-corrected chi connectivity index (χ2v) is 8.50. The van der Waals surface area contributed by atoms with E-state index in [1.807, 2.05) is 35.2 Å². The highest BCUT2D eigenvalue weighted by atomic mass is 16.6. The van der Waals surface area contributed by atoms with Gasteiger partial charge in [0, 0.05) is 5.69 Å². The fourth-order valence-electron chi connectivity index (χ4n) is 4.65. The molecule has 0 spiro atoms. The van der Waals surface area contributed by atoms with Gasteiger partial charge in [-0.3, -0.25) is 9.59 Å². The molecule has 1 atom stereocenters. The van der Waals surface area contributed by atoms with Crippen molar-refractivity contribution in [2.24, 2.45) is 0 Å². The number of amides is 2. The molecule has 31 heavy (non-hydrogen) atoms. The van der Waals surface area contributed by atoms with E-state index in [4.69, 9.17) is 9.47 Å². The number of ether oxygens (including phenoxy) is 2. The molecule has 0 radical (unpaired) electrons. The molecule has 0 saturated carbocycles. The van der Waals surface area contributed by atoms with E-state index in [9.17, 15) is 9.59 Å². The van der Waals surface area contributed by atoms with E-state index in [1.165, 1.54) is 22.4 Å². The Kier molecular flexibility index (Phi) is 5.51. The summed E-state index contributed by atoms with van der Waals surface area (Å²) in [5.41, 5.74) is 3.64. The van der Waals surface area contributed by atoms with Gasteiger partial charge in [0.05, 0.1) is 26.2 Å². The van der Waals surface area contributed by atoms with Crippen LogP contribution < -0.4 is 19.7 Å². The lowest BCUT2D eigenvalue weighted by molar-refractivity contribution is -0.895. The average Bonchev–Trinajstić information content (AvgIpc) is 3.26. The normalized spacial score (nSPS) is 20.3. The van der Waals surface area contributed by atoms with Crippen LogP contribution in [0.5, 0.6) is 11.5 Å². The van der Waals surface area contributed by atoms with Gasteiger partial charge in [0.15, 0.2) is 18.0 Å². The van der Waals surface area contributed by atoms with Crippen molar-refractivity contribution in [2.75, 3.05) is 44.6 Å². The number of fused-ring (bicyclic) bond motifs is 2. The van der Waals surface area contributed by atoms with E-state index >= 15 is 0 Å². The molecule has 2 amide bonds. The number of benzene rings is 2. The summed E-state index contributed by atoms with van der Waals surface area (Å²) in [5, 5.41) is 3.04. The molecule has 5 rings (SSSR count). The van der Waals surface area contributed by atoms with Crippen molar-refractivity contribution < 1.29 is 24.0 Å². The van der Waals surface area contributed by atoms with Crippen LogP contribution in [0.3, 0.4) is 0 Å². The molecular weight excluding hydrogens is 394 g/mol. The standard InChI is InChI=1S/C24H27N3O4/c28-23(25-19-9-8-17-4-3-5-18(17)14-19)15-26-10-12-27(13-11-26)24(29)22-16-30-20-6-1-2-7-21(20)31-22/h1-2,6-9,14,22H,3-5,10-13,15-16H2,(H,25,28)/p+1/t22-/m0/s1. The Hall–Kier alpha value is -3.06. The Bertz CT molecular complexity index is 985. The summed E-state index contributed by atoms with van der Waals surface area (Å²) in [4.78, 5) is 28.4. The summed E-state index contributed by atoms with van der Waals surface area (Å²) in [6.45, 7) is 3.35. The number of hydrogen-bond donors (Lipinski definition) is 2. The molecule has 2 heterocycles. The third-order valence-electron chi connectivity index (χ3n) is 6.36. The summed E-state index contributed by atoms with van der Waals surface area (Å²) in [6.07, 6.45) is 2.83. The zero-order chi connectivity index (χ0) is 21.2. The van der Waals surface area contributed by atoms with Crippen molar-refractivity contribution in [3.05, 3.63) is 53.6 Å². The minimum Gasteiger partial charge on any atom is -0.485 e. The van der Waals surface area contributed by atoms with Crippen LogP contribution in [0.4, 0.5) is 5.69 Å². The van der Waals surface area contributed by atoms with Gasteiger partial charge < -0.3 is 24.6 Å². The molecule has 162 valence electrons. The Balaban J connectivity index is 1.10. The van der Waals surface area contributed by atoms with Crippen LogP contribution in [0.25, 0.3) is 0 Å². The molecule has 1 aliphatic carbocycles. The molecule has 3 aliphatic rings. The van der Waals surface area contributed by atoms with Crippen molar-refractivity contribution in [1.29, 1.82) is 0 Å². The van der Waals surface area contributed by atoms with Crippen molar-refractivity contribution in [1.82, 2.24) is 4.90 Å². The zero-order valence-corrected chi connectivity index (χ0v) is 17.6. The molecule has 0 bridgehead atoms. The Labute approximate surface area is 181 Å². The monoisotopic (exact) mass is 422 g/mol. The molecule has 7 nitrogen and oxygen atoms in total. The Morgan fingerprint density at radius 2 is 1.81 bits per heavy atom. The second-order valence-electron chi connectivity index (χ2n) is 8.50. The Morgan fingerprint density at radius 3 is 2.65 bits per heavy atom. The van der Waals surface area contributed by atoms with Crippen LogP contribution in [0.1, 0.15) is 17.5 Å². The lowest BCUT2D eigenvalue weighted by Crippen LogP contribution is -3.15. The minimum atomic E-state index is -0.612. The lowest BCUT2D eigenvalue weighted by Gasteiger charge is -2.35. The van der Waals surface area contributed by atoms with Crippen LogP contribution in [0.2, 0.25) is 0 Å². The predicted octanol–water partition coefficient (Wildman–Crippen LogP) is 0.681. The third-order valence-corrected chi connectivity index (χ3v) is 6.36. The largest absolute Gasteiger partial charge is 0.485 e.